The number of hydrogen-bond donors (Lipinski definition) is 2. The van der Waals surface area contributed by atoms with Gasteiger partial charge in [0.2, 0.25) is 0 Å². The molecule has 0 radical (unpaired) electrons. The smallest absolute Gasteiger partial charge is 0.336 e. The van der Waals surface area contributed by atoms with Crippen LogP contribution in [0.2, 0.25) is 0 Å². The first-order chi connectivity index (χ1) is 16.5. The number of hydrogen-bond acceptors (Lipinski definition) is 6. The Bertz CT molecular complexity index is 1120. The summed E-state index contributed by atoms with van der Waals surface area (Å²) in [5.74, 6) is -2.00. The largest absolute Gasteiger partial charge is 0.478 e. The van der Waals surface area contributed by atoms with Gasteiger partial charge in [-0.2, -0.15) is 0 Å². The van der Waals surface area contributed by atoms with E-state index in [1.807, 2.05) is 24.8 Å². The zero-order chi connectivity index (χ0) is 24.2. The van der Waals surface area contributed by atoms with Crippen molar-refractivity contribution in [3.8, 4) is 0 Å². The molecule has 4 rings (SSSR count). The van der Waals surface area contributed by atoms with Crippen LogP contribution in [0, 0.1) is 0 Å². The number of rotatable bonds is 8. The fraction of sp³-hybridized carbons (Fsp3) is 0.0769. The summed E-state index contributed by atoms with van der Waals surface area (Å²) in [5.41, 5.74) is 3.07. The maximum atomic E-state index is 11.1. The predicted molar refractivity (Wildman–Crippen MR) is 134 cm³/mol. The van der Waals surface area contributed by atoms with Crippen LogP contribution in [0.5, 0.6) is 0 Å². The average Bonchev–Trinajstić information content (AvgIpc) is 2.88. The Hall–Kier alpha value is -3.62. The predicted octanol–water partition coefficient (Wildman–Crippen LogP) is 6.14. The number of carbonyl (C=O) groups is 2. The molecule has 0 bridgehead atoms. The van der Waals surface area contributed by atoms with Crippen molar-refractivity contribution in [3.63, 3.8) is 0 Å². The normalized spacial score (nSPS) is 10.1. The molecule has 2 aromatic carbocycles. The Morgan fingerprint density at radius 1 is 0.588 bits per heavy atom. The van der Waals surface area contributed by atoms with Crippen LogP contribution in [0.3, 0.4) is 0 Å². The maximum Gasteiger partial charge on any atom is 0.336 e. The fourth-order valence-corrected chi connectivity index (χ4v) is 5.26. The fourth-order valence-electron chi connectivity index (χ4n) is 2.91. The molecule has 0 aliphatic heterocycles. The van der Waals surface area contributed by atoms with Gasteiger partial charge in [0.15, 0.2) is 0 Å². The van der Waals surface area contributed by atoms with Crippen LogP contribution in [-0.4, -0.2) is 32.1 Å². The van der Waals surface area contributed by atoms with E-state index in [-0.39, 0.29) is 11.1 Å². The molecule has 34 heavy (non-hydrogen) atoms. The molecule has 0 aliphatic carbocycles. The van der Waals surface area contributed by atoms with Crippen molar-refractivity contribution in [1.82, 2.24) is 9.97 Å². The summed E-state index contributed by atoms with van der Waals surface area (Å²) in [4.78, 5) is 31.3. The van der Waals surface area contributed by atoms with E-state index in [9.17, 15) is 9.59 Å². The molecule has 8 heteroatoms. The lowest BCUT2D eigenvalue weighted by molar-refractivity contribution is 0.0682. The van der Waals surface area contributed by atoms with E-state index >= 15 is 0 Å². The third-order valence-electron chi connectivity index (χ3n) is 4.66. The summed E-state index contributed by atoms with van der Waals surface area (Å²) in [6.45, 7) is 0. The monoisotopic (exact) mass is 490 g/mol. The van der Waals surface area contributed by atoms with Gasteiger partial charge in [-0.25, -0.2) is 9.59 Å². The van der Waals surface area contributed by atoms with Gasteiger partial charge in [-0.15, -0.1) is 0 Å². The SMILES string of the molecule is O=C(O)c1ccccc1SSc1ccccc1C(=O)O.c1cc(CCc2ccncc2)ccn1. The van der Waals surface area contributed by atoms with Crippen LogP contribution in [-0.2, 0) is 12.8 Å². The third kappa shape index (κ3) is 7.75. The maximum absolute atomic E-state index is 11.1. The number of carboxylic acid groups (broad SMARTS) is 2. The molecule has 2 heterocycles. The standard InChI is InChI=1S/C14H10O4S2.C12H12N2/c15-13(16)9-5-1-3-7-11(9)19-20-12-8-4-2-6-10(12)14(17)18;1(11-3-7-13-8-4-11)2-12-5-9-14-10-6-12/h1-8H,(H,15,16)(H,17,18);3-10H,1-2H2. The summed E-state index contributed by atoms with van der Waals surface area (Å²) in [6.07, 6.45) is 9.46. The van der Waals surface area contributed by atoms with Crippen LogP contribution in [0.4, 0.5) is 0 Å². The Balaban J connectivity index is 0.000000202. The highest BCUT2D eigenvalue weighted by Crippen LogP contribution is 2.40. The third-order valence-corrected chi connectivity index (χ3v) is 7.14. The van der Waals surface area contributed by atoms with E-state index in [4.69, 9.17) is 10.2 Å². The molecular weight excluding hydrogens is 468 g/mol. The Labute approximate surface area is 205 Å². The molecule has 2 N–H and O–H groups in total. The summed E-state index contributed by atoms with van der Waals surface area (Å²) < 4.78 is 0. The van der Waals surface area contributed by atoms with Crippen LogP contribution in [0.25, 0.3) is 0 Å². The number of aromatic carboxylic acids is 2. The quantitative estimate of drug-likeness (QED) is 0.284. The number of benzene rings is 2. The summed E-state index contributed by atoms with van der Waals surface area (Å²) in [6, 6.07) is 21.5. The molecule has 2 aromatic heterocycles. The average molecular weight is 491 g/mol. The van der Waals surface area contributed by atoms with Gasteiger partial charge in [0.25, 0.3) is 0 Å². The highest BCUT2D eigenvalue weighted by Gasteiger charge is 2.13. The molecule has 6 nitrogen and oxygen atoms in total. The van der Waals surface area contributed by atoms with Crippen molar-refractivity contribution in [3.05, 3.63) is 120 Å². The lowest BCUT2D eigenvalue weighted by atomic mass is 10.1. The minimum absolute atomic E-state index is 0.206. The van der Waals surface area contributed by atoms with Crippen LogP contribution in [0.1, 0.15) is 31.8 Å². The van der Waals surface area contributed by atoms with E-state index in [1.165, 1.54) is 44.8 Å². The van der Waals surface area contributed by atoms with Gasteiger partial charge < -0.3 is 10.2 Å². The van der Waals surface area contributed by atoms with Crippen molar-refractivity contribution in [2.24, 2.45) is 0 Å². The molecule has 0 atom stereocenters. The zero-order valence-corrected chi connectivity index (χ0v) is 19.7. The van der Waals surface area contributed by atoms with Crippen molar-refractivity contribution in [2.75, 3.05) is 0 Å². The van der Waals surface area contributed by atoms with E-state index in [1.54, 1.807) is 36.4 Å². The number of nitrogens with zero attached hydrogens (tertiary/aromatic N) is 2. The van der Waals surface area contributed by atoms with Crippen LogP contribution in [0.15, 0.2) is 107 Å². The Morgan fingerprint density at radius 3 is 1.29 bits per heavy atom. The van der Waals surface area contributed by atoms with E-state index in [0.29, 0.717) is 9.79 Å². The number of aryl methyl sites for hydroxylation is 2. The lowest BCUT2D eigenvalue weighted by Gasteiger charge is -2.06. The summed E-state index contributed by atoms with van der Waals surface area (Å²) in [7, 11) is 2.47. The minimum Gasteiger partial charge on any atom is -0.478 e. The van der Waals surface area contributed by atoms with Gasteiger partial charge in [0.05, 0.1) is 11.1 Å². The van der Waals surface area contributed by atoms with Crippen molar-refractivity contribution in [2.45, 2.75) is 22.6 Å². The van der Waals surface area contributed by atoms with Gasteiger partial charge in [-0.3, -0.25) is 9.97 Å². The second-order valence-electron chi connectivity index (χ2n) is 6.98. The molecular formula is C26H22N2O4S2. The molecule has 0 saturated carbocycles. The molecule has 0 saturated heterocycles. The van der Waals surface area contributed by atoms with Crippen molar-refractivity contribution < 1.29 is 19.8 Å². The van der Waals surface area contributed by atoms with E-state index in [0.717, 1.165) is 12.8 Å². The minimum atomic E-state index is -1.000. The van der Waals surface area contributed by atoms with Gasteiger partial charge in [0.1, 0.15) is 0 Å². The molecule has 0 fully saturated rings. The van der Waals surface area contributed by atoms with Crippen molar-refractivity contribution >= 4 is 33.5 Å². The summed E-state index contributed by atoms with van der Waals surface area (Å²) >= 11 is 0. The van der Waals surface area contributed by atoms with E-state index < -0.39 is 11.9 Å². The first-order valence-corrected chi connectivity index (χ1v) is 12.5. The molecule has 0 amide bonds. The second kappa shape index (κ2) is 13.2. The molecule has 0 aliphatic rings. The first-order valence-electron chi connectivity index (χ1n) is 10.3. The lowest BCUT2D eigenvalue weighted by Crippen LogP contribution is -1.98. The number of carboxylic acids is 2. The van der Waals surface area contributed by atoms with Crippen LogP contribution >= 0.6 is 21.6 Å². The Morgan fingerprint density at radius 2 is 0.941 bits per heavy atom. The molecule has 4 aromatic rings. The first kappa shape index (κ1) is 25.0. The van der Waals surface area contributed by atoms with E-state index in [2.05, 4.69) is 34.2 Å². The second-order valence-corrected chi connectivity index (χ2v) is 9.19. The van der Waals surface area contributed by atoms with Crippen molar-refractivity contribution in [1.29, 1.82) is 0 Å². The highest BCUT2D eigenvalue weighted by atomic mass is 33.1. The topological polar surface area (TPSA) is 100 Å². The number of pyridine rings is 2. The molecule has 172 valence electrons. The molecule has 0 unspecified atom stereocenters. The van der Waals surface area contributed by atoms with Gasteiger partial charge >= 0.3 is 11.9 Å². The Kier molecular flexibility index (Phi) is 9.69. The van der Waals surface area contributed by atoms with Gasteiger partial charge in [-0.1, -0.05) is 45.9 Å². The number of aromatic nitrogens is 2. The van der Waals surface area contributed by atoms with Gasteiger partial charge in [-0.05, 0) is 72.5 Å². The van der Waals surface area contributed by atoms with Crippen LogP contribution < -0.4 is 0 Å². The molecule has 0 spiro atoms. The highest BCUT2D eigenvalue weighted by molar-refractivity contribution is 8.76. The van der Waals surface area contributed by atoms with Gasteiger partial charge in [0, 0.05) is 34.6 Å². The zero-order valence-electron chi connectivity index (χ0n) is 18.1. The summed E-state index contributed by atoms with van der Waals surface area (Å²) in [5, 5.41) is 18.2.